The molecule has 1 amide bonds. The van der Waals surface area contributed by atoms with Gasteiger partial charge in [0.05, 0.1) is 6.26 Å². The van der Waals surface area contributed by atoms with E-state index in [-0.39, 0.29) is 6.04 Å². The Morgan fingerprint density at radius 1 is 1.35 bits per heavy atom. The monoisotopic (exact) mass is 318 g/mol. The first kappa shape index (κ1) is 17.2. The number of nitrogens with zero attached hydrogens (tertiary/aromatic N) is 1. The van der Waals surface area contributed by atoms with Gasteiger partial charge in [-0.25, -0.2) is 4.79 Å². The predicted octanol–water partition coefficient (Wildman–Crippen LogP) is 3.95. The molecule has 0 saturated carbocycles. The van der Waals surface area contributed by atoms with Crippen LogP contribution in [0.1, 0.15) is 33.3 Å². The summed E-state index contributed by atoms with van der Waals surface area (Å²) in [6, 6.07) is 6.08. The lowest BCUT2D eigenvalue weighted by Crippen LogP contribution is -2.38. The third-order valence-electron chi connectivity index (χ3n) is 3.42. The molecule has 1 heterocycles. The minimum atomic E-state index is -0.497. The Kier molecular flexibility index (Phi) is 4.88. The molecule has 0 saturated heterocycles. The predicted molar refractivity (Wildman–Crippen MR) is 93.1 cm³/mol. The molecule has 0 aliphatic carbocycles. The van der Waals surface area contributed by atoms with E-state index < -0.39 is 11.7 Å². The van der Waals surface area contributed by atoms with Gasteiger partial charge in [-0.15, -0.1) is 0 Å². The molecular formula is C18H26N2O3. The van der Waals surface area contributed by atoms with Gasteiger partial charge in [-0.1, -0.05) is 0 Å². The second kappa shape index (κ2) is 6.52. The van der Waals surface area contributed by atoms with Crippen molar-refractivity contribution in [3.8, 4) is 0 Å². The van der Waals surface area contributed by atoms with Gasteiger partial charge in [0.1, 0.15) is 11.2 Å². The van der Waals surface area contributed by atoms with E-state index in [4.69, 9.17) is 9.15 Å². The number of rotatable bonds is 4. The maximum absolute atomic E-state index is 11.9. The maximum Gasteiger partial charge on any atom is 0.407 e. The van der Waals surface area contributed by atoms with E-state index in [1.165, 1.54) is 0 Å². The van der Waals surface area contributed by atoms with E-state index in [9.17, 15) is 4.79 Å². The maximum atomic E-state index is 11.9. The molecule has 0 aliphatic rings. The summed E-state index contributed by atoms with van der Waals surface area (Å²) in [6.45, 7) is 7.51. The fourth-order valence-electron chi connectivity index (χ4n) is 2.44. The fraction of sp³-hybridized carbons (Fsp3) is 0.500. The highest BCUT2D eigenvalue weighted by Gasteiger charge is 2.19. The zero-order valence-electron chi connectivity index (χ0n) is 14.8. The van der Waals surface area contributed by atoms with Crippen LogP contribution in [-0.4, -0.2) is 31.8 Å². The number of nitrogens with one attached hydrogen (secondary N) is 1. The summed E-state index contributed by atoms with van der Waals surface area (Å²) in [6.07, 6.45) is 1.97. The van der Waals surface area contributed by atoms with Crippen LogP contribution in [-0.2, 0) is 11.2 Å². The van der Waals surface area contributed by atoms with E-state index >= 15 is 0 Å². The highest BCUT2D eigenvalue weighted by atomic mass is 16.6. The van der Waals surface area contributed by atoms with Crippen LogP contribution in [0.4, 0.5) is 10.5 Å². The minimum absolute atomic E-state index is 0.0597. The van der Waals surface area contributed by atoms with Crippen molar-refractivity contribution in [1.82, 2.24) is 5.32 Å². The van der Waals surface area contributed by atoms with Crippen LogP contribution in [0.25, 0.3) is 11.0 Å². The fourth-order valence-corrected chi connectivity index (χ4v) is 2.44. The van der Waals surface area contributed by atoms with E-state index in [1.807, 2.05) is 47.9 Å². The molecule has 1 atom stereocenters. The number of amides is 1. The molecule has 0 fully saturated rings. The van der Waals surface area contributed by atoms with Gasteiger partial charge in [-0.3, -0.25) is 0 Å². The van der Waals surface area contributed by atoms with Gasteiger partial charge >= 0.3 is 6.09 Å². The summed E-state index contributed by atoms with van der Waals surface area (Å²) < 4.78 is 10.9. The topological polar surface area (TPSA) is 54.7 Å². The molecule has 0 aliphatic heterocycles. The average Bonchev–Trinajstić information content (AvgIpc) is 2.84. The third-order valence-corrected chi connectivity index (χ3v) is 3.42. The van der Waals surface area contributed by atoms with Crippen LogP contribution in [0.3, 0.4) is 0 Å². The van der Waals surface area contributed by atoms with Crippen molar-refractivity contribution >= 4 is 22.7 Å². The van der Waals surface area contributed by atoms with Crippen molar-refractivity contribution in [1.29, 1.82) is 0 Å². The number of hydrogen-bond donors (Lipinski definition) is 1. The van der Waals surface area contributed by atoms with Crippen LogP contribution in [0.5, 0.6) is 0 Å². The van der Waals surface area contributed by atoms with Crippen molar-refractivity contribution in [3.05, 3.63) is 30.0 Å². The molecule has 1 unspecified atom stereocenters. The molecule has 1 aromatic carbocycles. The summed E-state index contributed by atoms with van der Waals surface area (Å²) in [7, 11) is 4.01. The lowest BCUT2D eigenvalue weighted by Gasteiger charge is -2.22. The Hall–Kier alpha value is -2.17. The summed E-state index contributed by atoms with van der Waals surface area (Å²) in [5.41, 5.74) is 2.55. The second-order valence-corrected chi connectivity index (χ2v) is 7.09. The number of alkyl carbamates (subject to hydrolysis) is 1. The average molecular weight is 318 g/mol. The summed E-state index contributed by atoms with van der Waals surface area (Å²) in [4.78, 5) is 13.9. The van der Waals surface area contributed by atoms with Gasteiger partial charge in [0, 0.05) is 31.2 Å². The molecule has 0 bridgehead atoms. The quantitative estimate of drug-likeness (QED) is 0.927. The van der Waals surface area contributed by atoms with Crippen LogP contribution in [0.15, 0.2) is 28.9 Å². The van der Waals surface area contributed by atoms with Gasteiger partial charge in [0.25, 0.3) is 0 Å². The van der Waals surface area contributed by atoms with Crippen LogP contribution in [0.2, 0.25) is 0 Å². The SMILES string of the molecule is CC(Cc1cc(N(C)C)cc2ccoc12)NC(=O)OC(C)(C)C. The van der Waals surface area contributed by atoms with E-state index in [0.29, 0.717) is 6.42 Å². The van der Waals surface area contributed by atoms with E-state index in [0.717, 1.165) is 22.2 Å². The standard InChI is InChI=1S/C18H26N2O3/c1-12(19-17(21)23-18(2,3)4)9-14-11-15(20(5)6)10-13-7-8-22-16(13)14/h7-8,10-12H,9H2,1-6H3,(H,19,21). The van der Waals surface area contributed by atoms with Gasteiger partial charge < -0.3 is 19.4 Å². The Labute approximate surface area is 137 Å². The number of benzene rings is 1. The largest absolute Gasteiger partial charge is 0.464 e. The first-order valence-electron chi connectivity index (χ1n) is 7.82. The van der Waals surface area contributed by atoms with Crippen molar-refractivity contribution in [2.45, 2.75) is 45.8 Å². The zero-order valence-corrected chi connectivity index (χ0v) is 14.8. The molecule has 0 spiro atoms. The van der Waals surface area contributed by atoms with Crippen molar-refractivity contribution in [3.63, 3.8) is 0 Å². The Morgan fingerprint density at radius 3 is 2.65 bits per heavy atom. The lowest BCUT2D eigenvalue weighted by molar-refractivity contribution is 0.0508. The number of carbonyl (C=O) groups is 1. The zero-order chi connectivity index (χ0) is 17.2. The van der Waals surface area contributed by atoms with Gasteiger partial charge in [0.15, 0.2) is 0 Å². The molecule has 1 aromatic heterocycles. The molecule has 5 heteroatoms. The van der Waals surface area contributed by atoms with E-state index in [2.05, 4.69) is 22.3 Å². The Bertz CT molecular complexity index is 683. The molecule has 2 aromatic rings. The molecule has 1 N–H and O–H groups in total. The van der Waals surface area contributed by atoms with Crippen molar-refractivity contribution in [2.75, 3.05) is 19.0 Å². The van der Waals surface area contributed by atoms with Gasteiger partial charge in [0.2, 0.25) is 0 Å². The molecular weight excluding hydrogens is 292 g/mol. The normalized spacial score (nSPS) is 13.0. The molecule has 126 valence electrons. The van der Waals surface area contributed by atoms with Gasteiger partial charge in [-0.2, -0.15) is 0 Å². The second-order valence-electron chi connectivity index (χ2n) is 7.09. The highest BCUT2D eigenvalue weighted by Crippen LogP contribution is 2.27. The third kappa shape index (κ3) is 4.65. The molecule has 0 radical (unpaired) electrons. The minimum Gasteiger partial charge on any atom is -0.464 e. The van der Waals surface area contributed by atoms with Crippen molar-refractivity contribution in [2.24, 2.45) is 0 Å². The molecule has 2 rings (SSSR count). The first-order valence-corrected chi connectivity index (χ1v) is 7.82. The first-order chi connectivity index (χ1) is 10.7. The smallest absolute Gasteiger partial charge is 0.407 e. The molecule has 23 heavy (non-hydrogen) atoms. The number of hydrogen-bond acceptors (Lipinski definition) is 4. The number of anilines is 1. The number of carbonyl (C=O) groups excluding carboxylic acids is 1. The Morgan fingerprint density at radius 2 is 2.04 bits per heavy atom. The van der Waals surface area contributed by atoms with E-state index in [1.54, 1.807) is 6.26 Å². The molecule has 5 nitrogen and oxygen atoms in total. The van der Waals surface area contributed by atoms with Crippen LogP contribution < -0.4 is 10.2 Å². The van der Waals surface area contributed by atoms with Crippen LogP contribution >= 0.6 is 0 Å². The number of fused-ring (bicyclic) bond motifs is 1. The highest BCUT2D eigenvalue weighted by molar-refractivity contribution is 5.84. The van der Waals surface area contributed by atoms with Crippen molar-refractivity contribution < 1.29 is 13.9 Å². The summed E-state index contributed by atoms with van der Waals surface area (Å²) in [5.74, 6) is 0. The number of furan rings is 1. The lowest BCUT2D eigenvalue weighted by atomic mass is 10.0. The summed E-state index contributed by atoms with van der Waals surface area (Å²) in [5, 5.41) is 3.94. The number of ether oxygens (including phenoxy) is 1. The van der Waals surface area contributed by atoms with Gasteiger partial charge in [-0.05, 0) is 57.9 Å². The Balaban J connectivity index is 2.14. The summed E-state index contributed by atoms with van der Waals surface area (Å²) >= 11 is 0. The van der Waals surface area contributed by atoms with Crippen LogP contribution in [0, 0.1) is 0 Å².